The highest BCUT2D eigenvalue weighted by Gasteiger charge is 2.27. The van der Waals surface area contributed by atoms with Crippen molar-refractivity contribution >= 4 is 17.7 Å². The van der Waals surface area contributed by atoms with Crippen LogP contribution >= 0.6 is 0 Å². The molecule has 1 aromatic rings. The van der Waals surface area contributed by atoms with Gasteiger partial charge in [0.1, 0.15) is 6.04 Å². The number of hydrogen-bond donors (Lipinski definition) is 2. The molecule has 0 aliphatic carbocycles. The highest BCUT2D eigenvalue weighted by atomic mass is 16.2. The first-order valence-corrected chi connectivity index (χ1v) is 5.21. The minimum Gasteiger partial charge on any atom is -0.340 e. The van der Waals surface area contributed by atoms with Gasteiger partial charge in [-0.1, -0.05) is 0 Å². The first-order valence-electron chi connectivity index (χ1n) is 5.21. The molecular formula is C11H11N3O3. The van der Waals surface area contributed by atoms with Crippen molar-refractivity contribution in [2.24, 2.45) is 0 Å². The molecule has 1 saturated heterocycles. The SMILES string of the molecule is O=C1CCC(NC(=O)c2cccnc2)C(=O)N1. The van der Waals surface area contributed by atoms with Crippen molar-refractivity contribution in [2.45, 2.75) is 18.9 Å². The van der Waals surface area contributed by atoms with Crippen molar-refractivity contribution in [2.75, 3.05) is 0 Å². The second-order valence-electron chi connectivity index (χ2n) is 3.72. The van der Waals surface area contributed by atoms with Crippen LogP contribution in [0.15, 0.2) is 24.5 Å². The normalized spacial score (nSPS) is 19.6. The van der Waals surface area contributed by atoms with Crippen molar-refractivity contribution in [3.05, 3.63) is 30.1 Å². The Morgan fingerprint density at radius 3 is 2.94 bits per heavy atom. The van der Waals surface area contributed by atoms with Crippen LogP contribution in [0.2, 0.25) is 0 Å². The highest BCUT2D eigenvalue weighted by molar-refractivity contribution is 6.03. The van der Waals surface area contributed by atoms with Crippen molar-refractivity contribution in [1.82, 2.24) is 15.6 Å². The zero-order valence-electron chi connectivity index (χ0n) is 8.97. The number of carbonyl (C=O) groups is 3. The molecule has 2 heterocycles. The molecule has 1 unspecified atom stereocenters. The second kappa shape index (κ2) is 4.73. The summed E-state index contributed by atoms with van der Waals surface area (Å²) in [6.07, 6.45) is 3.55. The van der Waals surface area contributed by atoms with E-state index in [0.717, 1.165) is 0 Å². The minimum atomic E-state index is -0.652. The lowest BCUT2D eigenvalue weighted by Gasteiger charge is -2.21. The van der Waals surface area contributed by atoms with Crippen molar-refractivity contribution in [3.63, 3.8) is 0 Å². The molecule has 1 aliphatic rings. The van der Waals surface area contributed by atoms with Gasteiger partial charge in [-0.25, -0.2) is 0 Å². The Morgan fingerprint density at radius 1 is 1.47 bits per heavy atom. The van der Waals surface area contributed by atoms with E-state index >= 15 is 0 Å². The van der Waals surface area contributed by atoms with Crippen molar-refractivity contribution < 1.29 is 14.4 Å². The first kappa shape index (κ1) is 11.3. The smallest absolute Gasteiger partial charge is 0.253 e. The molecule has 17 heavy (non-hydrogen) atoms. The number of rotatable bonds is 2. The number of pyridine rings is 1. The van der Waals surface area contributed by atoms with Crippen LogP contribution in [0.3, 0.4) is 0 Å². The predicted molar refractivity (Wildman–Crippen MR) is 57.9 cm³/mol. The van der Waals surface area contributed by atoms with Gasteiger partial charge in [-0.2, -0.15) is 0 Å². The monoisotopic (exact) mass is 233 g/mol. The minimum absolute atomic E-state index is 0.240. The number of piperidine rings is 1. The lowest BCUT2D eigenvalue weighted by atomic mass is 10.1. The molecule has 88 valence electrons. The number of hydrogen-bond acceptors (Lipinski definition) is 4. The summed E-state index contributed by atoms with van der Waals surface area (Å²) < 4.78 is 0. The van der Waals surface area contributed by atoms with Crippen LogP contribution in [0.1, 0.15) is 23.2 Å². The van der Waals surface area contributed by atoms with Gasteiger partial charge in [0.25, 0.3) is 5.91 Å². The fourth-order valence-electron chi connectivity index (χ4n) is 1.57. The number of amides is 3. The van der Waals surface area contributed by atoms with E-state index in [1.54, 1.807) is 18.3 Å². The largest absolute Gasteiger partial charge is 0.340 e. The lowest BCUT2D eigenvalue weighted by Crippen LogP contribution is -2.52. The zero-order valence-corrected chi connectivity index (χ0v) is 8.97. The predicted octanol–water partition coefficient (Wildman–Crippen LogP) is -0.383. The average Bonchev–Trinajstić information content (AvgIpc) is 2.34. The third kappa shape index (κ3) is 2.66. The van der Waals surface area contributed by atoms with Gasteiger partial charge < -0.3 is 5.32 Å². The van der Waals surface area contributed by atoms with E-state index < -0.39 is 11.9 Å². The molecule has 1 aromatic heterocycles. The van der Waals surface area contributed by atoms with E-state index in [4.69, 9.17) is 0 Å². The van der Waals surface area contributed by atoms with E-state index in [2.05, 4.69) is 15.6 Å². The van der Waals surface area contributed by atoms with Crippen LogP contribution in [0.25, 0.3) is 0 Å². The summed E-state index contributed by atoms with van der Waals surface area (Å²) in [5, 5.41) is 4.74. The van der Waals surface area contributed by atoms with Gasteiger partial charge in [0.2, 0.25) is 11.8 Å². The standard InChI is InChI=1S/C11H11N3O3/c15-9-4-3-8(11(17)14-9)13-10(16)7-2-1-5-12-6-7/h1-2,5-6,8H,3-4H2,(H,13,16)(H,14,15,17). The number of carbonyl (C=O) groups excluding carboxylic acids is 3. The summed E-state index contributed by atoms with van der Waals surface area (Å²) in [5.74, 6) is -1.13. The van der Waals surface area contributed by atoms with E-state index in [-0.39, 0.29) is 18.2 Å². The summed E-state index contributed by atoms with van der Waals surface area (Å²) in [7, 11) is 0. The zero-order chi connectivity index (χ0) is 12.3. The number of nitrogens with zero attached hydrogens (tertiary/aromatic N) is 1. The van der Waals surface area contributed by atoms with Crippen molar-refractivity contribution in [3.8, 4) is 0 Å². The van der Waals surface area contributed by atoms with Crippen LogP contribution in [0.5, 0.6) is 0 Å². The molecule has 0 bridgehead atoms. The molecule has 0 spiro atoms. The maximum atomic E-state index is 11.7. The highest BCUT2D eigenvalue weighted by Crippen LogP contribution is 2.05. The molecular weight excluding hydrogens is 222 g/mol. The summed E-state index contributed by atoms with van der Waals surface area (Å²) >= 11 is 0. The average molecular weight is 233 g/mol. The fraction of sp³-hybridized carbons (Fsp3) is 0.273. The molecule has 6 heteroatoms. The topological polar surface area (TPSA) is 88.2 Å². The van der Waals surface area contributed by atoms with Gasteiger partial charge in [-0.05, 0) is 18.6 Å². The van der Waals surface area contributed by atoms with Gasteiger partial charge in [0.05, 0.1) is 5.56 Å². The number of imide groups is 1. The molecule has 2 rings (SSSR count). The van der Waals surface area contributed by atoms with E-state index in [1.807, 2.05) is 0 Å². The number of nitrogens with one attached hydrogen (secondary N) is 2. The van der Waals surface area contributed by atoms with Crippen LogP contribution < -0.4 is 10.6 Å². The molecule has 0 saturated carbocycles. The molecule has 2 N–H and O–H groups in total. The Bertz CT molecular complexity index is 458. The van der Waals surface area contributed by atoms with Gasteiger partial charge in [-0.15, -0.1) is 0 Å². The molecule has 0 aromatic carbocycles. The molecule has 1 fully saturated rings. The molecule has 1 aliphatic heterocycles. The summed E-state index contributed by atoms with van der Waals surface area (Å²) in [6, 6.07) is 2.59. The third-order valence-electron chi connectivity index (χ3n) is 2.47. The number of aromatic nitrogens is 1. The Balaban J connectivity index is 2.00. The van der Waals surface area contributed by atoms with E-state index in [1.165, 1.54) is 6.20 Å². The Morgan fingerprint density at radius 2 is 2.29 bits per heavy atom. The van der Waals surface area contributed by atoms with Gasteiger partial charge in [-0.3, -0.25) is 24.7 Å². The first-order chi connectivity index (χ1) is 8.16. The van der Waals surface area contributed by atoms with E-state index in [0.29, 0.717) is 12.0 Å². The van der Waals surface area contributed by atoms with E-state index in [9.17, 15) is 14.4 Å². The quantitative estimate of drug-likeness (QED) is 0.681. The lowest BCUT2D eigenvalue weighted by molar-refractivity contribution is -0.134. The van der Waals surface area contributed by atoms with Gasteiger partial charge >= 0.3 is 0 Å². The Kier molecular flexibility index (Phi) is 3.13. The summed E-state index contributed by atoms with van der Waals surface area (Å²) in [4.78, 5) is 37.9. The molecule has 1 atom stereocenters. The molecule has 6 nitrogen and oxygen atoms in total. The van der Waals surface area contributed by atoms with Crippen LogP contribution in [-0.4, -0.2) is 28.7 Å². The van der Waals surface area contributed by atoms with Gasteiger partial charge in [0.15, 0.2) is 0 Å². The van der Waals surface area contributed by atoms with Crippen LogP contribution in [0, 0.1) is 0 Å². The van der Waals surface area contributed by atoms with Crippen molar-refractivity contribution in [1.29, 1.82) is 0 Å². The summed E-state index contributed by atoms with van der Waals surface area (Å²) in [5.41, 5.74) is 0.386. The fourth-order valence-corrected chi connectivity index (χ4v) is 1.57. The second-order valence-corrected chi connectivity index (χ2v) is 3.72. The molecule has 0 radical (unpaired) electrons. The van der Waals surface area contributed by atoms with Gasteiger partial charge in [0, 0.05) is 18.8 Å². The van der Waals surface area contributed by atoms with Crippen LogP contribution in [-0.2, 0) is 9.59 Å². The Labute approximate surface area is 97.4 Å². The third-order valence-corrected chi connectivity index (χ3v) is 2.47. The van der Waals surface area contributed by atoms with Crippen LogP contribution in [0.4, 0.5) is 0 Å². The maximum absolute atomic E-state index is 11.7. The molecule has 3 amide bonds. The maximum Gasteiger partial charge on any atom is 0.253 e. The summed E-state index contributed by atoms with van der Waals surface area (Å²) in [6.45, 7) is 0. The Hall–Kier alpha value is -2.24.